The van der Waals surface area contributed by atoms with Gasteiger partial charge in [-0.05, 0) is 96.3 Å². The Morgan fingerprint density at radius 3 is 1.09 bits per heavy atom. The van der Waals surface area contributed by atoms with Crippen molar-refractivity contribution in [3.8, 4) is 0 Å². The number of carbonyl (C=O) groups excluding carboxylic acids is 2. The highest BCUT2D eigenvalue weighted by molar-refractivity contribution is 5.70. The fraction of sp³-hybridized carbons (Fsp3) is 0.836. The molecule has 0 saturated heterocycles. The standard InChI is InChI=1S/C61H112O5/c1-4-7-10-13-16-19-22-24-26-28-30-32-34-36-38-41-44-47-50-53-56-64-57-59(66-61(63)55-52-49-46-43-39-21-18-15-12-9-6-3)58-65-60(62)54-51-48-45-42-40-37-35-33-31-29-27-25-23-20-17-14-11-8-5-2/h15,17-18,20,24-27,59H,4-14,16,19,21-23,28-58H2,1-3H3/b18-15-,20-17-,26-24-,27-25-. The van der Waals surface area contributed by atoms with Crippen LogP contribution in [-0.2, 0) is 23.8 Å². The summed E-state index contributed by atoms with van der Waals surface area (Å²) in [5.41, 5.74) is 0. The summed E-state index contributed by atoms with van der Waals surface area (Å²) >= 11 is 0. The molecule has 0 aromatic heterocycles. The average molecular weight is 926 g/mol. The molecule has 0 aliphatic carbocycles. The van der Waals surface area contributed by atoms with Gasteiger partial charge in [-0.15, -0.1) is 0 Å². The average Bonchev–Trinajstić information content (AvgIpc) is 3.32. The molecular weight excluding hydrogens is 813 g/mol. The molecule has 0 rings (SSSR count). The van der Waals surface area contributed by atoms with Crippen molar-refractivity contribution in [2.45, 2.75) is 309 Å². The van der Waals surface area contributed by atoms with Crippen molar-refractivity contribution in [3.63, 3.8) is 0 Å². The number of ether oxygens (including phenoxy) is 3. The fourth-order valence-electron chi connectivity index (χ4n) is 8.40. The molecule has 0 aromatic rings. The molecule has 0 amide bonds. The zero-order valence-electron chi connectivity index (χ0n) is 44.5. The number of unbranched alkanes of at least 4 members (excludes halogenated alkanes) is 35. The van der Waals surface area contributed by atoms with Crippen LogP contribution in [-0.4, -0.2) is 37.9 Å². The molecule has 0 aliphatic heterocycles. The molecular formula is C61H112O5. The Balaban J connectivity index is 4.18. The molecule has 0 bridgehead atoms. The minimum absolute atomic E-state index is 0.0816. The van der Waals surface area contributed by atoms with E-state index < -0.39 is 6.10 Å². The lowest BCUT2D eigenvalue weighted by molar-refractivity contribution is -0.163. The zero-order chi connectivity index (χ0) is 47.7. The maximum Gasteiger partial charge on any atom is 0.306 e. The molecule has 66 heavy (non-hydrogen) atoms. The number of rotatable bonds is 54. The third kappa shape index (κ3) is 54.5. The van der Waals surface area contributed by atoms with E-state index in [-0.39, 0.29) is 25.2 Å². The van der Waals surface area contributed by atoms with Crippen LogP contribution in [0.1, 0.15) is 303 Å². The second kappa shape index (κ2) is 57.2. The third-order valence-corrected chi connectivity index (χ3v) is 12.8. The molecule has 0 spiro atoms. The van der Waals surface area contributed by atoms with E-state index >= 15 is 0 Å². The fourth-order valence-corrected chi connectivity index (χ4v) is 8.40. The van der Waals surface area contributed by atoms with E-state index in [0.717, 1.165) is 57.8 Å². The number of hydrogen-bond acceptors (Lipinski definition) is 5. The molecule has 0 heterocycles. The first-order chi connectivity index (χ1) is 32.6. The Morgan fingerprint density at radius 1 is 0.333 bits per heavy atom. The van der Waals surface area contributed by atoms with E-state index in [2.05, 4.69) is 69.4 Å². The number of hydrogen-bond donors (Lipinski definition) is 0. The van der Waals surface area contributed by atoms with Gasteiger partial charge in [0.1, 0.15) is 6.61 Å². The smallest absolute Gasteiger partial charge is 0.306 e. The molecule has 0 N–H and O–H groups in total. The molecule has 1 unspecified atom stereocenters. The van der Waals surface area contributed by atoms with E-state index in [1.54, 1.807) is 0 Å². The van der Waals surface area contributed by atoms with Crippen LogP contribution in [0.4, 0.5) is 0 Å². The zero-order valence-corrected chi connectivity index (χ0v) is 44.5. The Bertz CT molecular complexity index is 1090. The van der Waals surface area contributed by atoms with Gasteiger partial charge in [0.25, 0.3) is 0 Å². The van der Waals surface area contributed by atoms with Crippen molar-refractivity contribution in [3.05, 3.63) is 48.6 Å². The van der Waals surface area contributed by atoms with Crippen LogP contribution in [0.15, 0.2) is 48.6 Å². The first-order valence-corrected chi connectivity index (χ1v) is 29.2. The van der Waals surface area contributed by atoms with Gasteiger partial charge in [-0.1, -0.05) is 243 Å². The Hall–Kier alpha value is -2.14. The highest BCUT2D eigenvalue weighted by Gasteiger charge is 2.17. The molecule has 1 atom stereocenters. The highest BCUT2D eigenvalue weighted by atomic mass is 16.6. The first-order valence-electron chi connectivity index (χ1n) is 29.2. The molecule has 0 radical (unpaired) electrons. The Labute approximate surface area is 412 Å². The minimum Gasteiger partial charge on any atom is -0.462 e. The summed E-state index contributed by atoms with van der Waals surface area (Å²) in [7, 11) is 0. The molecule has 0 saturated carbocycles. The van der Waals surface area contributed by atoms with Gasteiger partial charge in [0, 0.05) is 19.4 Å². The van der Waals surface area contributed by atoms with Gasteiger partial charge in [0.2, 0.25) is 0 Å². The molecule has 5 nitrogen and oxygen atoms in total. The molecule has 0 aromatic carbocycles. The van der Waals surface area contributed by atoms with E-state index in [1.807, 2.05) is 0 Å². The quantitative estimate of drug-likeness (QED) is 0.0345. The summed E-state index contributed by atoms with van der Waals surface area (Å²) in [6.07, 6.45) is 71.4. The van der Waals surface area contributed by atoms with E-state index in [4.69, 9.17) is 14.2 Å². The van der Waals surface area contributed by atoms with Crippen LogP contribution in [0.2, 0.25) is 0 Å². The lowest BCUT2D eigenvalue weighted by Crippen LogP contribution is -2.30. The maximum absolute atomic E-state index is 12.8. The Morgan fingerprint density at radius 2 is 0.652 bits per heavy atom. The predicted molar refractivity (Wildman–Crippen MR) is 288 cm³/mol. The van der Waals surface area contributed by atoms with Gasteiger partial charge < -0.3 is 14.2 Å². The van der Waals surface area contributed by atoms with Gasteiger partial charge >= 0.3 is 11.9 Å². The largest absolute Gasteiger partial charge is 0.462 e. The van der Waals surface area contributed by atoms with E-state index in [1.165, 1.54) is 212 Å². The third-order valence-electron chi connectivity index (χ3n) is 12.8. The summed E-state index contributed by atoms with van der Waals surface area (Å²) in [4.78, 5) is 25.5. The van der Waals surface area contributed by atoms with E-state index in [9.17, 15) is 9.59 Å². The van der Waals surface area contributed by atoms with Gasteiger partial charge in [0.05, 0.1) is 6.61 Å². The topological polar surface area (TPSA) is 61.8 Å². The highest BCUT2D eigenvalue weighted by Crippen LogP contribution is 2.15. The van der Waals surface area contributed by atoms with Crippen LogP contribution >= 0.6 is 0 Å². The SMILES string of the molecule is CCCC/C=C\CCCCCCCC(=O)OC(COCCCCCCCCCCCC/C=C\CCCCCCCC)COC(=O)CCCCCCCCCCC/C=C\C/C=C\CCCCC. The van der Waals surface area contributed by atoms with Crippen molar-refractivity contribution in [2.24, 2.45) is 0 Å². The van der Waals surface area contributed by atoms with Gasteiger partial charge in [-0.3, -0.25) is 9.59 Å². The van der Waals surface area contributed by atoms with Crippen LogP contribution in [0, 0.1) is 0 Å². The van der Waals surface area contributed by atoms with Crippen molar-refractivity contribution >= 4 is 11.9 Å². The van der Waals surface area contributed by atoms with Crippen LogP contribution in [0.25, 0.3) is 0 Å². The van der Waals surface area contributed by atoms with E-state index in [0.29, 0.717) is 19.4 Å². The van der Waals surface area contributed by atoms with Crippen molar-refractivity contribution in [1.82, 2.24) is 0 Å². The number of carbonyl (C=O) groups is 2. The second-order valence-corrected chi connectivity index (χ2v) is 19.5. The van der Waals surface area contributed by atoms with Crippen molar-refractivity contribution in [1.29, 1.82) is 0 Å². The Kier molecular flexibility index (Phi) is 55.3. The van der Waals surface area contributed by atoms with Crippen LogP contribution in [0.3, 0.4) is 0 Å². The van der Waals surface area contributed by atoms with Gasteiger partial charge in [-0.2, -0.15) is 0 Å². The summed E-state index contributed by atoms with van der Waals surface area (Å²) in [6.45, 7) is 7.79. The normalized spacial score (nSPS) is 12.5. The maximum atomic E-state index is 12.8. The number of esters is 2. The van der Waals surface area contributed by atoms with Gasteiger partial charge in [-0.25, -0.2) is 0 Å². The van der Waals surface area contributed by atoms with Crippen molar-refractivity contribution in [2.75, 3.05) is 19.8 Å². The summed E-state index contributed by atoms with van der Waals surface area (Å²) in [6, 6.07) is 0. The van der Waals surface area contributed by atoms with Crippen LogP contribution < -0.4 is 0 Å². The number of allylic oxidation sites excluding steroid dienone is 8. The second-order valence-electron chi connectivity index (χ2n) is 19.5. The monoisotopic (exact) mass is 925 g/mol. The van der Waals surface area contributed by atoms with Gasteiger partial charge in [0.15, 0.2) is 6.10 Å². The molecule has 386 valence electrons. The lowest BCUT2D eigenvalue weighted by atomic mass is 10.1. The van der Waals surface area contributed by atoms with Crippen LogP contribution in [0.5, 0.6) is 0 Å². The van der Waals surface area contributed by atoms with Crippen molar-refractivity contribution < 1.29 is 23.8 Å². The summed E-state index contributed by atoms with van der Waals surface area (Å²) < 4.78 is 17.5. The first kappa shape index (κ1) is 63.9. The molecule has 5 heteroatoms. The molecule has 0 aliphatic rings. The summed E-state index contributed by atoms with van der Waals surface area (Å²) in [5.74, 6) is -0.401. The minimum atomic E-state index is -0.541. The predicted octanol–water partition coefficient (Wildman–Crippen LogP) is 19.9. The molecule has 0 fully saturated rings. The lowest BCUT2D eigenvalue weighted by Gasteiger charge is -2.18. The summed E-state index contributed by atoms with van der Waals surface area (Å²) in [5, 5.41) is 0.